The molecular weight excluding hydrogens is 290 g/mol. The molecule has 0 radical (unpaired) electrons. The van der Waals surface area contributed by atoms with Gasteiger partial charge in [0, 0.05) is 11.6 Å². The molecule has 0 atom stereocenters. The van der Waals surface area contributed by atoms with E-state index in [0.717, 1.165) is 0 Å². The Morgan fingerprint density at radius 3 is 2.60 bits per heavy atom. The molecule has 1 aromatic carbocycles. The summed E-state index contributed by atoms with van der Waals surface area (Å²) in [4.78, 5) is 3.95. The lowest BCUT2D eigenvalue weighted by Crippen LogP contribution is -2.01. The van der Waals surface area contributed by atoms with Gasteiger partial charge in [0.2, 0.25) is 0 Å². The minimum absolute atomic E-state index is 0.0822. The fraction of sp³-hybridized carbons (Fsp3) is 0.0833. The molecule has 102 valence electrons. The van der Waals surface area contributed by atoms with Crippen molar-refractivity contribution >= 4 is 17.2 Å². The van der Waals surface area contributed by atoms with Crippen LogP contribution in [-0.2, 0) is 0 Å². The molecular formula is C12H7ClF2N4O. The molecule has 0 unspecified atom stereocenters. The van der Waals surface area contributed by atoms with Crippen LogP contribution in [0, 0.1) is 0 Å². The Labute approximate surface area is 116 Å². The van der Waals surface area contributed by atoms with Crippen molar-refractivity contribution < 1.29 is 13.5 Å². The Morgan fingerprint density at radius 2 is 1.90 bits per heavy atom. The van der Waals surface area contributed by atoms with Gasteiger partial charge in [0.1, 0.15) is 17.2 Å². The van der Waals surface area contributed by atoms with Gasteiger partial charge in [-0.15, -0.1) is 10.2 Å². The molecule has 2 heterocycles. The molecule has 20 heavy (non-hydrogen) atoms. The van der Waals surface area contributed by atoms with Crippen LogP contribution < -0.4 is 4.74 Å². The topological polar surface area (TPSA) is 52.3 Å². The van der Waals surface area contributed by atoms with Crippen LogP contribution in [-0.4, -0.2) is 26.2 Å². The molecule has 0 aliphatic carbocycles. The number of halogens is 3. The minimum Gasteiger partial charge on any atom is -0.435 e. The fourth-order valence-corrected chi connectivity index (χ4v) is 1.90. The number of nitrogens with zero attached hydrogens (tertiary/aromatic N) is 4. The molecule has 8 heteroatoms. The lowest BCUT2D eigenvalue weighted by Gasteiger charge is -2.05. The molecule has 0 bridgehead atoms. The third kappa shape index (κ3) is 2.39. The maximum Gasteiger partial charge on any atom is 0.387 e. The SMILES string of the molecule is FC(F)Oc1ccc(-c2nnc3cc(Cl)ncn23)cc1. The quantitative estimate of drug-likeness (QED) is 0.697. The lowest BCUT2D eigenvalue weighted by atomic mass is 10.2. The van der Waals surface area contributed by atoms with E-state index < -0.39 is 6.61 Å². The molecule has 0 spiro atoms. The first-order valence-electron chi connectivity index (χ1n) is 5.55. The second-order valence-corrected chi connectivity index (χ2v) is 4.25. The largest absolute Gasteiger partial charge is 0.435 e. The van der Waals surface area contributed by atoms with E-state index in [2.05, 4.69) is 19.9 Å². The summed E-state index contributed by atoms with van der Waals surface area (Å²) in [6.07, 6.45) is 1.50. The highest BCUT2D eigenvalue weighted by Crippen LogP contribution is 2.22. The first-order chi connectivity index (χ1) is 9.63. The summed E-state index contributed by atoms with van der Waals surface area (Å²) in [5, 5.41) is 8.30. The van der Waals surface area contributed by atoms with Crippen molar-refractivity contribution in [3.05, 3.63) is 41.8 Å². The second-order valence-electron chi connectivity index (χ2n) is 3.87. The van der Waals surface area contributed by atoms with Gasteiger partial charge in [-0.3, -0.25) is 4.40 Å². The lowest BCUT2D eigenvalue weighted by molar-refractivity contribution is -0.0498. The summed E-state index contributed by atoms with van der Waals surface area (Å²) in [5.74, 6) is 0.617. The van der Waals surface area contributed by atoms with Crippen LogP contribution in [0.3, 0.4) is 0 Å². The van der Waals surface area contributed by atoms with Gasteiger partial charge in [-0.1, -0.05) is 11.6 Å². The zero-order chi connectivity index (χ0) is 14.1. The van der Waals surface area contributed by atoms with Crippen LogP contribution in [0.1, 0.15) is 0 Å². The highest BCUT2D eigenvalue weighted by molar-refractivity contribution is 6.29. The van der Waals surface area contributed by atoms with Crippen molar-refractivity contribution in [1.29, 1.82) is 0 Å². The molecule has 5 nitrogen and oxygen atoms in total. The maximum absolute atomic E-state index is 12.1. The Kier molecular flexibility index (Phi) is 3.19. The third-order valence-electron chi connectivity index (χ3n) is 2.60. The van der Waals surface area contributed by atoms with E-state index in [1.807, 2.05) is 0 Å². The zero-order valence-corrected chi connectivity index (χ0v) is 10.6. The average molecular weight is 297 g/mol. The van der Waals surface area contributed by atoms with Crippen molar-refractivity contribution in [2.75, 3.05) is 0 Å². The summed E-state index contributed by atoms with van der Waals surface area (Å²) in [6, 6.07) is 7.68. The van der Waals surface area contributed by atoms with E-state index >= 15 is 0 Å². The number of alkyl halides is 2. The molecule has 0 fully saturated rings. The van der Waals surface area contributed by atoms with Gasteiger partial charge in [-0.2, -0.15) is 8.78 Å². The summed E-state index contributed by atoms with van der Waals surface area (Å²) < 4.78 is 30.1. The summed E-state index contributed by atoms with van der Waals surface area (Å²) in [5.41, 5.74) is 1.25. The summed E-state index contributed by atoms with van der Waals surface area (Å²) in [7, 11) is 0. The molecule has 3 rings (SSSR count). The van der Waals surface area contributed by atoms with Crippen LogP contribution in [0.2, 0.25) is 5.15 Å². The van der Waals surface area contributed by atoms with Gasteiger partial charge in [0.25, 0.3) is 0 Å². The van der Waals surface area contributed by atoms with Gasteiger partial charge in [0.05, 0.1) is 0 Å². The van der Waals surface area contributed by atoms with Crippen LogP contribution in [0.15, 0.2) is 36.7 Å². The number of fused-ring (bicyclic) bond motifs is 1. The van der Waals surface area contributed by atoms with Crippen molar-refractivity contribution in [2.45, 2.75) is 6.61 Å². The molecule has 0 N–H and O–H groups in total. The Morgan fingerprint density at radius 1 is 1.15 bits per heavy atom. The molecule has 0 aliphatic rings. The normalized spacial score (nSPS) is 11.2. The first kappa shape index (κ1) is 12.7. The van der Waals surface area contributed by atoms with E-state index in [1.54, 1.807) is 22.6 Å². The summed E-state index contributed by atoms with van der Waals surface area (Å²) >= 11 is 5.76. The van der Waals surface area contributed by atoms with E-state index in [9.17, 15) is 8.78 Å². The zero-order valence-electron chi connectivity index (χ0n) is 9.87. The minimum atomic E-state index is -2.85. The van der Waals surface area contributed by atoms with E-state index in [0.29, 0.717) is 22.2 Å². The van der Waals surface area contributed by atoms with Crippen molar-refractivity contribution in [2.24, 2.45) is 0 Å². The standard InChI is InChI=1S/C12H7ClF2N4O/c13-9-5-10-17-18-11(19(10)6-16-9)7-1-3-8(4-2-7)20-12(14)15/h1-6,12H. The molecule has 3 aromatic rings. The molecule has 0 amide bonds. The smallest absolute Gasteiger partial charge is 0.387 e. The number of hydrogen-bond acceptors (Lipinski definition) is 4. The predicted molar refractivity (Wildman–Crippen MR) is 67.9 cm³/mol. The average Bonchev–Trinajstić information content (AvgIpc) is 2.82. The summed E-state index contributed by atoms with van der Waals surface area (Å²) in [6.45, 7) is -2.85. The van der Waals surface area contributed by atoms with Crippen LogP contribution >= 0.6 is 11.6 Å². The Hall–Kier alpha value is -2.28. The molecule has 2 aromatic heterocycles. The van der Waals surface area contributed by atoms with Crippen LogP contribution in [0.4, 0.5) is 8.78 Å². The van der Waals surface area contributed by atoms with Gasteiger partial charge in [-0.05, 0) is 24.3 Å². The van der Waals surface area contributed by atoms with Gasteiger partial charge in [0.15, 0.2) is 11.5 Å². The van der Waals surface area contributed by atoms with Crippen LogP contribution in [0.5, 0.6) is 5.75 Å². The van der Waals surface area contributed by atoms with Crippen LogP contribution in [0.25, 0.3) is 17.0 Å². The number of hydrogen-bond donors (Lipinski definition) is 0. The Bertz CT molecular complexity index is 745. The highest BCUT2D eigenvalue weighted by atomic mass is 35.5. The van der Waals surface area contributed by atoms with Gasteiger partial charge < -0.3 is 4.74 Å². The van der Waals surface area contributed by atoms with E-state index in [4.69, 9.17) is 11.6 Å². The highest BCUT2D eigenvalue weighted by Gasteiger charge is 2.10. The number of rotatable bonds is 3. The maximum atomic E-state index is 12.1. The second kappa shape index (κ2) is 5.01. The third-order valence-corrected chi connectivity index (χ3v) is 2.81. The van der Waals surface area contributed by atoms with Crippen molar-refractivity contribution in [1.82, 2.24) is 19.6 Å². The molecule has 0 saturated carbocycles. The van der Waals surface area contributed by atoms with Gasteiger partial charge in [-0.25, -0.2) is 4.98 Å². The van der Waals surface area contributed by atoms with Crippen molar-refractivity contribution in [3.8, 4) is 17.1 Å². The monoisotopic (exact) mass is 296 g/mol. The molecule has 0 aliphatic heterocycles. The number of ether oxygens (including phenoxy) is 1. The molecule has 0 saturated heterocycles. The Balaban J connectivity index is 1.98. The van der Waals surface area contributed by atoms with Gasteiger partial charge >= 0.3 is 6.61 Å². The first-order valence-corrected chi connectivity index (χ1v) is 5.93. The predicted octanol–water partition coefficient (Wildman–Crippen LogP) is 3.05. The van der Waals surface area contributed by atoms with E-state index in [-0.39, 0.29) is 5.75 Å². The number of aromatic nitrogens is 4. The number of benzene rings is 1. The fourth-order valence-electron chi connectivity index (χ4n) is 1.75. The van der Waals surface area contributed by atoms with Crippen molar-refractivity contribution in [3.63, 3.8) is 0 Å². The van der Waals surface area contributed by atoms with E-state index in [1.165, 1.54) is 18.5 Å².